The number of aromatic nitrogens is 9. The third kappa shape index (κ3) is 12.1. The van der Waals surface area contributed by atoms with Crippen LogP contribution in [0.4, 0.5) is 0 Å². The van der Waals surface area contributed by atoms with E-state index in [-0.39, 0.29) is 0 Å². The molecule has 10 rings (SSSR count). The SMILES string of the molecule is CC(C)c1ccc(-c2nc(-c3ccccc3)nc(-c3ccccc3)n2)cc1.CC(C)c1ccc(-c2nc(-c3cccs3)nc(-c3cccs3)n2)cc1.CC(C)c1ccc(-c2ncncn2)cc1. The van der Waals surface area contributed by atoms with Crippen molar-refractivity contribution in [2.75, 3.05) is 0 Å². The van der Waals surface area contributed by atoms with Gasteiger partial charge in [0.05, 0.1) is 9.75 Å². The molecule has 0 atom stereocenters. The summed E-state index contributed by atoms with van der Waals surface area (Å²) in [6.45, 7) is 13.1. The average Bonchev–Trinajstić information content (AvgIpc) is 4.15. The van der Waals surface area contributed by atoms with Gasteiger partial charge in [0.15, 0.2) is 40.8 Å². The Bertz CT molecular complexity index is 2940. The minimum Gasteiger partial charge on any atom is -0.225 e. The van der Waals surface area contributed by atoms with Gasteiger partial charge >= 0.3 is 0 Å². The van der Waals surface area contributed by atoms with E-state index in [0.29, 0.717) is 35.2 Å². The molecule has 0 unspecified atom stereocenters. The molecule has 0 spiro atoms. The lowest BCUT2D eigenvalue weighted by Gasteiger charge is -2.09. The summed E-state index contributed by atoms with van der Waals surface area (Å²) in [5.74, 6) is 6.54. The summed E-state index contributed by atoms with van der Waals surface area (Å²) in [6, 6.07) is 53.5. The molecule has 0 aliphatic carbocycles. The quantitative estimate of drug-likeness (QED) is 0.132. The van der Waals surface area contributed by atoms with Gasteiger partial charge in [0.1, 0.15) is 12.7 Å². The Morgan fingerprint density at radius 1 is 0.299 bits per heavy atom. The molecular weight excluding hydrogens is 863 g/mol. The first kappa shape index (κ1) is 46.1. The fourth-order valence-corrected chi connectivity index (χ4v) is 8.23. The first-order chi connectivity index (χ1) is 32.7. The van der Waals surface area contributed by atoms with Gasteiger partial charge in [-0.15, -0.1) is 22.7 Å². The van der Waals surface area contributed by atoms with Gasteiger partial charge in [-0.05, 0) is 57.3 Å². The fourth-order valence-electron chi connectivity index (χ4n) is 6.91. The van der Waals surface area contributed by atoms with Crippen molar-refractivity contribution in [3.05, 3.63) is 198 Å². The van der Waals surface area contributed by atoms with Crippen LogP contribution >= 0.6 is 22.7 Å². The minimum absolute atomic E-state index is 0.497. The van der Waals surface area contributed by atoms with Gasteiger partial charge < -0.3 is 0 Å². The maximum atomic E-state index is 4.75. The van der Waals surface area contributed by atoms with Crippen LogP contribution in [-0.4, -0.2) is 44.9 Å². The highest BCUT2D eigenvalue weighted by Crippen LogP contribution is 2.30. The average molecular weight is 914 g/mol. The molecule has 10 aromatic rings. The summed E-state index contributed by atoms with van der Waals surface area (Å²) >= 11 is 3.29. The van der Waals surface area contributed by atoms with E-state index in [1.54, 1.807) is 22.7 Å². The van der Waals surface area contributed by atoms with Gasteiger partial charge in [-0.25, -0.2) is 44.9 Å². The predicted octanol–water partition coefficient (Wildman–Crippen LogP) is 14.8. The smallest absolute Gasteiger partial charge is 0.174 e. The van der Waals surface area contributed by atoms with Crippen molar-refractivity contribution in [2.24, 2.45) is 0 Å². The second-order valence-electron chi connectivity index (χ2n) is 16.6. The van der Waals surface area contributed by atoms with Crippen molar-refractivity contribution in [3.8, 4) is 78.3 Å². The lowest BCUT2D eigenvalue weighted by atomic mass is 10.0. The number of hydrogen-bond acceptors (Lipinski definition) is 11. The highest BCUT2D eigenvalue weighted by Gasteiger charge is 2.15. The van der Waals surface area contributed by atoms with Crippen molar-refractivity contribution in [1.82, 2.24) is 44.9 Å². The third-order valence-electron chi connectivity index (χ3n) is 10.8. The Labute approximate surface area is 400 Å². The molecule has 0 amide bonds. The van der Waals surface area contributed by atoms with E-state index >= 15 is 0 Å². The largest absolute Gasteiger partial charge is 0.225 e. The molecule has 332 valence electrons. The van der Waals surface area contributed by atoms with Crippen LogP contribution in [0.2, 0.25) is 0 Å². The van der Waals surface area contributed by atoms with E-state index in [4.69, 9.17) is 24.9 Å². The number of thiophene rings is 2. The van der Waals surface area contributed by atoms with Gasteiger partial charge in [-0.2, -0.15) is 0 Å². The maximum absolute atomic E-state index is 4.75. The van der Waals surface area contributed by atoms with E-state index < -0.39 is 0 Å². The van der Waals surface area contributed by atoms with E-state index in [2.05, 4.69) is 122 Å². The summed E-state index contributed by atoms with van der Waals surface area (Å²) in [5, 5.41) is 4.09. The zero-order valence-corrected chi connectivity index (χ0v) is 40.0. The van der Waals surface area contributed by atoms with Gasteiger partial charge in [-0.1, -0.05) is 187 Å². The second kappa shape index (κ2) is 22.1. The van der Waals surface area contributed by atoms with Crippen LogP contribution in [0.25, 0.3) is 78.3 Å². The molecule has 5 aromatic heterocycles. The molecule has 0 N–H and O–H groups in total. The summed E-state index contributed by atoms with van der Waals surface area (Å²) in [5.41, 5.74) is 8.96. The summed E-state index contributed by atoms with van der Waals surface area (Å²) in [7, 11) is 0. The van der Waals surface area contributed by atoms with E-state index in [1.165, 1.54) is 29.3 Å². The molecule has 0 radical (unpaired) electrons. The molecular formula is C56H51N9S2. The van der Waals surface area contributed by atoms with E-state index in [0.717, 1.165) is 60.9 Å². The second-order valence-corrected chi connectivity index (χ2v) is 18.5. The monoisotopic (exact) mass is 913 g/mol. The first-order valence-electron chi connectivity index (χ1n) is 22.3. The van der Waals surface area contributed by atoms with Crippen LogP contribution in [0.3, 0.4) is 0 Å². The van der Waals surface area contributed by atoms with Crippen molar-refractivity contribution < 1.29 is 0 Å². The molecule has 0 saturated carbocycles. The molecule has 0 aliphatic rings. The highest BCUT2D eigenvalue weighted by atomic mass is 32.1. The maximum Gasteiger partial charge on any atom is 0.174 e. The number of nitrogens with zero attached hydrogens (tertiary/aromatic N) is 9. The number of benzene rings is 5. The minimum atomic E-state index is 0.497. The van der Waals surface area contributed by atoms with Crippen LogP contribution in [-0.2, 0) is 0 Å². The van der Waals surface area contributed by atoms with Crippen molar-refractivity contribution >= 4 is 22.7 Å². The molecule has 0 fully saturated rings. The Balaban J connectivity index is 0.000000142. The Morgan fingerprint density at radius 3 is 0.910 bits per heavy atom. The lowest BCUT2D eigenvalue weighted by molar-refractivity contribution is 0.866. The Morgan fingerprint density at radius 2 is 0.597 bits per heavy atom. The van der Waals surface area contributed by atoms with Gasteiger partial charge in [0, 0.05) is 27.8 Å². The van der Waals surface area contributed by atoms with Crippen LogP contribution in [0.15, 0.2) is 181 Å². The summed E-state index contributed by atoms with van der Waals surface area (Å²) in [6.07, 6.45) is 3.03. The zero-order chi connectivity index (χ0) is 46.5. The molecule has 5 aromatic carbocycles. The molecule has 67 heavy (non-hydrogen) atoms. The number of hydrogen-bond donors (Lipinski definition) is 0. The standard InChI is InChI=1S/C24H21N3.C20H17N3S2.C12H13N3/c1-17(2)18-13-15-21(16-14-18)24-26-22(19-9-5-3-6-10-19)25-23(27-24)20-11-7-4-8-12-20;1-13(2)14-7-9-15(10-8-14)18-21-19(16-5-3-11-24-16)23-20(22-18)17-6-4-12-25-17;1-9(2)10-3-5-11(6-4-10)12-14-7-13-8-15-12/h3-17H,1-2H3;3-13H,1-2H3;3-9H,1-2H3. The van der Waals surface area contributed by atoms with Gasteiger partial charge in [0.25, 0.3) is 0 Å². The molecule has 11 heteroatoms. The molecule has 9 nitrogen and oxygen atoms in total. The molecule has 0 aliphatic heterocycles. The van der Waals surface area contributed by atoms with Gasteiger partial charge in [0.2, 0.25) is 0 Å². The van der Waals surface area contributed by atoms with E-state index in [9.17, 15) is 0 Å². The van der Waals surface area contributed by atoms with Crippen molar-refractivity contribution in [3.63, 3.8) is 0 Å². The summed E-state index contributed by atoms with van der Waals surface area (Å²) < 4.78 is 0. The van der Waals surface area contributed by atoms with Gasteiger partial charge in [-0.3, -0.25) is 0 Å². The molecule has 0 bridgehead atoms. The lowest BCUT2D eigenvalue weighted by Crippen LogP contribution is -2.00. The van der Waals surface area contributed by atoms with Crippen LogP contribution in [0.1, 0.15) is 76.0 Å². The third-order valence-corrected chi connectivity index (χ3v) is 12.5. The van der Waals surface area contributed by atoms with Crippen molar-refractivity contribution in [2.45, 2.75) is 59.3 Å². The molecule has 5 heterocycles. The fraction of sp³-hybridized carbons (Fsp3) is 0.161. The Hall–Kier alpha value is -7.47. The van der Waals surface area contributed by atoms with Crippen molar-refractivity contribution in [1.29, 1.82) is 0 Å². The number of rotatable bonds is 10. The first-order valence-corrected chi connectivity index (χ1v) is 24.1. The topological polar surface area (TPSA) is 116 Å². The normalized spacial score (nSPS) is 10.9. The van der Waals surface area contributed by atoms with Crippen LogP contribution < -0.4 is 0 Å². The van der Waals surface area contributed by atoms with Crippen LogP contribution in [0, 0.1) is 0 Å². The molecule has 0 saturated heterocycles. The highest BCUT2D eigenvalue weighted by molar-refractivity contribution is 7.13. The zero-order valence-electron chi connectivity index (χ0n) is 38.4. The summed E-state index contributed by atoms with van der Waals surface area (Å²) in [4.78, 5) is 42.5. The Kier molecular flexibility index (Phi) is 15.2. The van der Waals surface area contributed by atoms with Crippen LogP contribution in [0.5, 0.6) is 0 Å². The predicted molar refractivity (Wildman–Crippen MR) is 276 cm³/mol. The van der Waals surface area contributed by atoms with E-state index in [1.807, 2.05) is 108 Å².